The molecule has 4 aromatic rings. The Hall–Kier alpha value is -4.32. The van der Waals surface area contributed by atoms with Gasteiger partial charge < -0.3 is 9.45 Å². The molecule has 1 atom stereocenters. The lowest BCUT2D eigenvalue weighted by Crippen LogP contribution is -2.22. The second-order valence-corrected chi connectivity index (χ2v) is 12.2. The number of hydrogen-bond donors (Lipinski definition) is 1. The molecule has 0 amide bonds. The van der Waals surface area contributed by atoms with Crippen LogP contribution in [0, 0.1) is 13.8 Å². The van der Waals surface area contributed by atoms with Crippen LogP contribution in [-0.4, -0.2) is 32.1 Å². The summed E-state index contributed by atoms with van der Waals surface area (Å²) in [5.41, 5.74) is 11.9. The van der Waals surface area contributed by atoms with Crippen LogP contribution in [-0.2, 0) is 24.2 Å². The quantitative estimate of drug-likeness (QED) is 0.146. The highest BCUT2D eigenvalue weighted by atomic mass is 32.2. The molecule has 5 heteroatoms. The van der Waals surface area contributed by atoms with Crippen molar-refractivity contribution < 1.29 is 13.3 Å². The zero-order chi connectivity index (χ0) is 31.1. The normalized spacial score (nSPS) is 13.2. The molecule has 224 valence electrons. The van der Waals surface area contributed by atoms with Crippen molar-refractivity contribution in [3.05, 3.63) is 160 Å². The predicted molar refractivity (Wildman–Crippen MR) is 185 cm³/mol. The molecule has 0 aliphatic heterocycles. The molecule has 0 spiro atoms. The lowest BCUT2D eigenvalue weighted by molar-refractivity contribution is -0.539. The van der Waals surface area contributed by atoms with Gasteiger partial charge in [-0.15, -0.1) is 0 Å². The molecule has 4 nitrogen and oxygen atoms in total. The van der Waals surface area contributed by atoms with E-state index in [0.29, 0.717) is 11.4 Å². The largest absolute Gasteiger partial charge is 0.367 e. The molecule has 0 saturated heterocycles. The first-order valence-corrected chi connectivity index (χ1v) is 16.4. The minimum atomic E-state index is -1.99. The van der Waals surface area contributed by atoms with Crippen molar-refractivity contribution in [2.24, 2.45) is 0 Å². The van der Waals surface area contributed by atoms with Crippen LogP contribution in [0.1, 0.15) is 47.2 Å². The van der Waals surface area contributed by atoms with Crippen molar-refractivity contribution in [3.63, 3.8) is 0 Å². The third kappa shape index (κ3) is 7.60. The van der Waals surface area contributed by atoms with Crippen molar-refractivity contribution in [2.45, 2.75) is 45.7 Å². The molecule has 1 unspecified atom stereocenters. The Morgan fingerprint density at radius 3 is 2.00 bits per heavy atom. The first-order chi connectivity index (χ1) is 21.3. The van der Waals surface area contributed by atoms with Gasteiger partial charge in [-0.3, -0.25) is 0 Å². The van der Waals surface area contributed by atoms with Crippen LogP contribution < -0.4 is 4.90 Å². The highest BCUT2D eigenvalue weighted by Crippen LogP contribution is 2.31. The van der Waals surface area contributed by atoms with Gasteiger partial charge in [-0.25, -0.2) is 8.78 Å². The number of nitrogens with zero attached hydrogens (tertiary/aromatic N) is 2. The fraction of sp³-hybridized carbons (Fsp3) is 0.205. The van der Waals surface area contributed by atoms with Crippen molar-refractivity contribution in [1.29, 1.82) is 0 Å². The van der Waals surface area contributed by atoms with Gasteiger partial charge in [-0.1, -0.05) is 77.9 Å². The lowest BCUT2D eigenvalue weighted by atomic mass is 9.90. The highest BCUT2D eigenvalue weighted by Gasteiger charge is 2.16. The third-order valence-electron chi connectivity index (χ3n) is 8.08. The minimum Gasteiger partial charge on any atom is -0.367 e. The molecule has 0 saturated carbocycles. The lowest BCUT2D eigenvalue weighted by Gasteiger charge is -2.24. The van der Waals surface area contributed by atoms with E-state index < -0.39 is 11.1 Å². The van der Waals surface area contributed by atoms with Crippen LogP contribution in [0.3, 0.4) is 0 Å². The molecule has 0 fully saturated rings. The smallest absolute Gasteiger partial charge is 0.200 e. The summed E-state index contributed by atoms with van der Waals surface area (Å²) < 4.78 is 23.5. The van der Waals surface area contributed by atoms with Gasteiger partial charge >= 0.3 is 0 Å². The van der Waals surface area contributed by atoms with E-state index in [0.717, 1.165) is 36.4 Å². The number of rotatable bonds is 10. The van der Waals surface area contributed by atoms with Gasteiger partial charge in [-0.05, 0) is 98.0 Å². The van der Waals surface area contributed by atoms with E-state index in [1.54, 1.807) is 12.1 Å². The maximum absolute atomic E-state index is 11.6. The van der Waals surface area contributed by atoms with E-state index in [4.69, 9.17) is 0 Å². The van der Waals surface area contributed by atoms with Crippen molar-refractivity contribution in [1.82, 2.24) is 0 Å². The molecule has 44 heavy (non-hydrogen) atoms. The molecule has 0 bridgehead atoms. The summed E-state index contributed by atoms with van der Waals surface area (Å²) in [5, 5.41) is 0. The molecule has 0 heterocycles. The van der Waals surface area contributed by atoms with Gasteiger partial charge in [0.15, 0.2) is 23.3 Å². The summed E-state index contributed by atoms with van der Waals surface area (Å²) >= 11 is -1.99. The van der Waals surface area contributed by atoms with Crippen LogP contribution >= 0.6 is 0 Å². The predicted octanol–water partition coefficient (Wildman–Crippen LogP) is 8.51. The Bertz CT molecular complexity index is 1740. The van der Waals surface area contributed by atoms with Crippen LogP contribution in [0.4, 0.5) is 5.69 Å². The zero-order valence-electron chi connectivity index (χ0n) is 26.0. The zero-order valence-corrected chi connectivity index (χ0v) is 26.9. The van der Waals surface area contributed by atoms with Gasteiger partial charge in [0, 0.05) is 36.5 Å². The molecule has 5 rings (SSSR count). The Morgan fingerprint density at radius 2 is 1.39 bits per heavy atom. The maximum Gasteiger partial charge on any atom is 0.200 e. The Labute approximate surface area is 264 Å². The number of anilines is 1. The van der Waals surface area contributed by atoms with Gasteiger partial charge in [0.1, 0.15) is 6.54 Å². The second kappa shape index (κ2) is 14.4. The van der Waals surface area contributed by atoms with Gasteiger partial charge in [0.2, 0.25) is 0 Å². The molecular weight excluding hydrogens is 561 g/mol. The third-order valence-corrected chi connectivity index (χ3v) is 8.73. The van der Waals surface area contributed by atoms with E-state index in [2.05, 4.69) is 134 Å². The molecular formula is C39H41N2O2S+. The minimum absolute atomic E-state index is 0.425. The molecule has 1 N–H and O–H groups in total. The Morgan fingerprint density at radius 1 is 0.750 bits per heavy atom. The maximum atomic E-state index is 11.6. The summed E-state index contributed by atoms with van der Waals surface area (Å²) in [4.78, 5) is 2.70. The van der Waals surface area contributed by atoms with Crippen molar-refractivity contribution in [2.75, 3.05) is 18.0 Å². The summed E-state index contributed by atoms with van der Waals surface area (Å²) in [6.45, 7) is 11.9. The second-order valence-electron chi connectivity index (χ2n) is 11.2. The summed E-state index contributed by atoms with van der Waals surface area (Å²) in [6, 6.07) is 33.6. The average molecular weight is 602 g/mol. The van der Waals surface area contributed by atoms with Crippen LogP contribution in [0.2, 0.25) is 0 Å². The number of benzene rings is 4. The van der Waals surface area contributed by atoms with Crippen molar-refractivity contribution in [3.8, 4) is 0 Å². The topological polar surface area (TPSA) is 43.6 Å². The summed E-state index contributed by atoms with van der Waals surface area (Å²) in [7, 11) is 0. The number of aryl methyl sites for hydroxylation is 2. The summed E-state index contributed by atoms with van der Waals surface area (Å²) in [6.07, 6.45) is 8.97. The van der Waals surface area contributed by atoms with E-state index in [1.807, 2.05) is 12.1 Å². The van der Waals surface area contributed by atoms with Crippen LogP contribution in [0.25, 0.3) is 5.57 Å². The first kappa shape index (κ1) is 31.1. The number of allylic oxidation sites excluding steroid dienone is 5. The Balaban J connectivity index is 1.46. The standard InChI is InChI=1S/C39H40N2O2S/c1-5-40(27-31-10-7-9-30(4)25-31)36-21-17-34(18-22-36)39(33-15-13-29(3)14-16-33)35-19-23-37(24-20-35)41(6-2)28-32-11-8-12-38(26-32)44(42)43/h7-26H,5-6,27-28H2,1-4H3/p+1. The van der Waals surface area contributed by atoms with Gasteiger partial charge in [0.25, 0.3) is 0 Å². The molecule has 1 aliphatic rings. The first-order valence-electron chi connectivity index (χ1n) is 15.2. The monoisotopic (exact) mass is 601 g/mol. The fourth-order valence-electron chi connectivity index (χ4n) is 5.67. The van der Waals surface area contributed by atoms with E-state index >= 15 is 0 Å². The fourth-order valence-corrected chi connectivity index (χ4v) is 6.12. The van der Waals surface area contributed by atoms with Gasteiger partial charge in [-0.2, -0.15) is 0 Å². The molecule has 0 radical (unpaired) electrons. The highest BCUT2D eigenvalue weighted by molar-refractivity contribution is 7.79. The number of hydrogen-bond acceptors (Lipinski definition) is 2. The van der Waals surface area contributed by atoms with E-state index in [-0.39, 0.29) is 0 Å². The van der Waals surface area contributed by atoms with Crippen LogP contribution in [0.5, 0.6) is 0 Å². The average Bonchev–Trinajstić information content (AvgIpc) is 3.04. The SMILES string of the molecule is CCN(Cc1cccc(S(=O)O)c1)c1ccc(C(=C2C=CC(=[N+](CC)Cc3cccc(C)c3)C=C2)c2ccc(C)cc2)cc1. The molecule has 1 aliphatic carbocycles. The van der Waals surface area contributed by atoms with Gasteiger partial charge in [0.05, 0.1) is 4.90 Å². The van der Waals surface area contributed by atoms with E-state index in [1.165, 1.54) is 39.1 Å². The summed E-state index contributed by atoms with van der Waals surface area (Å²) in [5.74, 6) is 0. The van der Waals surface area contributed by atoms with Crippen LogP contribution in [0.15, 0.2) is 132 Å². The molecule has 0 aromatic heterocycles. The Kier molecular flexibility index (Phi) is 10.2. The molecule has 4 aromatic carbocycles. The van der Waals surface area contributed by atoms with Crippen molar-refractivity contribution >= 4 is 28.1 Å². The van der Waals surface area contributed by atoms with E-state index in [9.17, 15) is 8.76 Å².